The van der Waals surface area contributed by atoms with E-state index in [1.165, 1.54) is 0 Å². The largest absolute Gasteiger partial charge is 0.384 e. The third-order valence-corrected chi connectivity index (χ3v) is 3.38. The molecule has 0 aromatic carbocycles. The molecule has 1 aliphatic heterocycles. The second kappa shape index (κ2) is 6.52. The molecule has 1 atom stereocenters. The van der Waals surface area contributed by atoms with Crippen LogP contribution in [0, 0.1) is 5.92 Å². The average molecular weight is 263 g/mol. The molecule has 1 aromatic rings. The van der Waals surface area contributed by atoms with Crippen LogP contribution in [0.25, 0.3) is 0 Å². The minimum absolute atomic E-state index is 0.0808. The summed E-state index contributed by atoms with van der Waals surface area (Å²) in [7, 11) is 0. The van der Waals surface area contributed by atoms with Crippen LogP contribution in [0.5, 0.6) is 0 Å². The molecule has 0 bridgehead atoms. The second-order valence-corrected chi connectivity index (χ2v) is 4.90. The van der Waals surface area contributed by atoms with Gasteiger partial charge in [0.1, 0.15) is 5.82 Å². The van der Waals surface area contributed by atoms with Crippen molar-refractivity contribution < 1.29 is 9.53 Å². The van der Waals surface area contributed by atoms with Gasteiger partial charge in [-0.3, -0.25) is 4.79 Å². The first-order valence-corrected chi connectivity index (χ1v) is 6.81. The van der Waals surface area contributed by atoms with Crippen molar-refractivity contribution in [1.29, 1.82) is 0 Å². The number of anilines is 1. The summed E-state index contributed by atoms with van der Waals surface area (Å²) in [5.41, 5.74) is 7.13. The number of nitrogens with two attached hydrogens (primary N) is 1. The van der Waals surface area contributed by atoms with Crippen LogP contribution in [0.3, 0.4) is 0 Å². The third kappa shape index (κ3) is 3.92. The Morgan fingerprint density at radius 1 is 1.58 bits per heavy atom. The zero-order valence-corrected chi connectivity index (χ0v) is 11.3. The Kier molecular flexibility index (Phi) is 4.74. The van der Waals surface area contributed by atoms with Gasteiger partial charge in [-0.1, -0.05) is 6.92 Å². The summed E-state index contributed by atoms with van der Waals surface area (Å²) < 4.78 is 5.31. The van der Waals surface area contributed by atoms with Crippen molar-refractivity contribution in [3.63, 3.8) is 0 Å². The lowest BCUT2D eigenvalue weighted by molar-refractivity contribution is 0.0950. The third-order valence-electron chi connectivity index (χ3n) is 3.38. The molecule has 1 aromatic heterocycles. The number of hydrogen-bond donors (Lipinski definition) is 2. The van der Waals surface area contributed by atoms with E-state index in [1.54, 1.807) is 12.1 Å². The van der Waals surface area contributed by atoms with E-state index in [-0.39, 0.29) is 5.91 Å². The van der Waals surface area contributed by atoms with Crippen LogP contribution < -0.4 is 11.1 Å². The molecule has 0 spiro atoms. The van der Waals surface area contributed by atoms with Crippen molar-refractivity contribution in [2.45, 2.75) is 26.2 Å². The van der Waals surface area contributed by atoms with Crippen LogP contribution in [0.2, 0.25) is 0 Å². The number of rotatable bonds is 5. The molecule has 3 N–H and O–H groups in total. The second-order valence-electron chi connectivity index (χ2n) is 4.90. The molecule has 104 valence electrons. The topological polar surface area (TPSA) is 77.2 Å². The van der Waals surface area contributed by atoms with E-state index in [0.29, 0.717) is 23.8 Å². The number of carbonyl (C=O) groups is 1. The lowest BCUT2D eigenvalue weighted by Gasteiger charge is -2.09. The predicted octanol–water partition coefficient (Wildman–Crippen LogP) is 1.38. The van der Waals surface area contributed by atoms with Gasteiger partial charge in [-0.25, -0.2) is 4.98 Å². The van der Waals surface area contributed by atoms with Crippen LogP contribution >= 0.6 is 0 Å². The van der Waals surface area contributed by atoms with E-state index in [4.69, 9.17) is 10.5 Å². The van der Waals surface area contributed by atoms with Gasteiger partial charge in [-0.15, -0.1) is 0 Å². The lowest BCUT2D eigenvalue weighted by atomic mass is 10.1. The number of nitrogens with one attached hydrogen (secondary N) is 1. The fourth-order valence-corrected chi connectivity index (χ4v) is 2.23. The van der Waals surface area contributed by atoms with E-state index >= 15 is 0 Å². The SMILES string of the molecule is CCc1cc(C(=O)NCCC2CCOC2)cc(N)n1. The van der Waals surface area contributed by atoms with Gasteiger partial charge in [0.05, 0.1) is 0 Å². The van der Waals surface area contributed by atoms with Gasteiger partial charge < -0.3 is 15.8 Å². The number of nitrogen functional groups attached to an aromatic ring is 1. The zero-order chi connectivity index (χ0) is 13.7. The summed E-state index contributed by atoms with van der Waals surface area (Å²) in [6.07, 6.45) is 2.83. The molecule has 0 radical (unpaired) electrons. The van der Waals surface area contributed by atoms with Gasteiger partial charge in [-0.05, 0) is 37.3 Å². The van der Waals surface area contributed by atoms with E-state index < -0.39 is 0 Å². The minimum atomic E-state index is -0.0808. The fourth-order valence-electron chi connectivity index (χ4n) is 2.23. The number of aryl methyl sites for hydroxylation is 1. The summed E-state index contributed by atoms with van der Waals surface area (Å²) in [6, 6.07) is 3.41. The Bertz CT molecular complexity index is 442. The first kappa shape index (κ1) is 13.8. The molecule has 1 fully saturated rings. The Hall–Kier alpha value is -1.62. The van der Waals surface area contributed by atoms with Gasteiger partial charge in [0.2, 0.25) is 0 Å². The molecule has 2 heterocycles. The molecule has 1 aliphatic rings. The number of carbonyl (C=O) groups excluding carboxylic acids is 1. The highest BCUT2D eigenvalue weighted by molar-refractivity contribution is 5.94. The van der Waals surface area contributed by atoms with Crippen molar-refractivity contribution in [2.24, 2.45) is 5.92 Å². The quantitative estimate of drug-likeness (QED) is 0.841. The van der Waals surface area contributed by atoms with Crippen molar-refractivity contribution in [3.8, 4) is 0 Å². The van der Waals surface area contributed by atoms with Crippen LogP contribution in [0.15, 0.2) is 12.1 Å². The van der Waals surface area contributed by atoms with Crippen LogP contribution in [0.4, 0.5) is 5.82 Å². The summed E-state index contributed by atoms with van der Waals surface area (Å²) in [4.78, 5) is 16.2. The number of aromatic nitrogens is 1. The number of ether oxygens (including phenoxy) is 1. The smallest absolute Gasteiger partial charge is 0.251 e. The molecule has 19 heavy (non-hydrogen) atoms. The van der Waals surface area contributed by atoms with Crippen LogP contribution in [0.1, 0.15) is 35.8 Å². The maximum Gasteiger partial charge on any atom is 0.251 e. The zero-order valence-electron chi connectivity index (χ0n) is 11.3. The predicted molar refractivity (Wildman–Crippen MR) is 73.9 cm³/mol. The molecule has 1 saturated heterocycles. The fraction of sp³-hybridized carbons (Fsp3) is 0.571. The van der Waals surface area contributed by atoms with Gasteiger partial charge >= 0.3 is 0 Å². The Morgan fingerprint density at radius 3 is 3.11 bits per heavy atom. The van der Waals surface area contributed by atoms with E-state index in [0.717, 1.165) is 38.2 Å². The van der Waals surface area contributed by atoms with E-state index in [1.807, 2.05) is 6.92 Å². The van der Waals surface area contributed by atoms with Crippen molar-refractivity contribution >= 4 is 11.7 Å². The Labute approximate surface area is 113 Å². The summed E-state index contributed by atoms with van der Waals surface area (Å²) in [6.45, 7) is 4.33. The number of hydrogen-bond acceptors (Lipinski definition) is 4. The molecular formula is C14H21N3O2. The van der Waals surface area contributed by atoms with E-state index in [9.17, 15) is 4.79 Å². The highest BCUT2D eigenvalue weighted by Crippen LogP contribution is 2.15. The molecule has 0 aliphatic carbocycles. The first-order chi connectivity index (χ1) is 9.19. The van der Waals surface area contributed by atoms with Crippen molar-refractivity contribution in [2.75, 3.05) is 25.5 Å². The molecule has 5 heteroatoms. The Morgan fingerprint density at radius 2 is 2.42 bits per heavy atom. The van der Waals surface area contributed by atoms with Crippen LogP contribution in [-0.2, 0) is 11.2 Å². The monoisotopic (exact) mass is 263 g/mol. The number of amides is 1. The maximum absolute atomic E-state index is 12.0. The Balaban J connectivity index is 1.86. The molecule has 0 saturated carbocycles. The van der Waals surface area contributed by atoms with Gasteiger partial charge in [0.25, 0.3) is 5.91 Å². The minimum Gasteiger partial charge on any atom is -0.384 e. The normalized spacial score (nSPS) is 18.5. The summed E-state index contributed by atoms with van der Waals surface area (Å²) >= 11 is 0. The van der Waals surface area contributed by atoms with E-state index in [2.05, 4.69) is 10.3 Å². The van der Waals surface area contributed by atoms with Gasteiger partial charge in [0, 0.05) is 31.0 Å². The highest BCUT2D eigenvalue weighted by Gasteiger charge is 2.15. The van der Waals surface area contributed by atoms with Crippen molar-refractivity contribution in [1.82, 2.24) is 10.3 Å². The molecular weight excluding hydrogens is 242 g/mol. The lowest BCUT2D eigenvalue weighted by Crippen LogP contribution is -2.26. The molecule has 2 rings (SSSR count). The van der Waals surface area contributed by atoms with Gasteiger partial charge in [-0.2, -0.15) is 0 Å². The summed E-state index contributed by atoms with van der Waals surface area (Å²) in [5, 5.41) is 2.93. The standard InChI is InChI=1S/C14H21N3O2/c1-2-12-7-11(8-13(15)17-12)14(18)16-5-3-10-4-6-19-9-10/h7-8,10H,2-6,9H2,1H3,(H2,15,17)(H,16,18). The first-order valence-electron chi connectivity index (χ1n) is 6.81. The molecule has 5 nitrogen and oxygen atoms in total. The molecule has 1 unspecified atom stereocenters. The average Bonchev–Trinajstić information content (AvgIpc) is 2.91. The van der Waals surface area contributed by atoms with Crippen molar-refractivity contribution in [3.05, 3.63) is 23.4 Å². The maximum atomic E-state index is 12.0. The summed E-state index contributed by atoms with van der Waals surface area (Å²) in [5.74, 6) is 0.894. The number of nitrogens with zero attached hydrogens (tertiary/aromatic N) is 1. The van der Waals surface area contributed by atoms with Gasteiger partial charge in [0.15, 0.2) is 0 Å². The highest BCUT2D eigenvalue weighted by atomic mass is 16.5. The molecule has 1 amide bonds. The number of pyridine rings is 1. The van der Waals surface area contributed by atoms with Crippen LogP contribution in [-0.4, -0.2) is 30.6 Å².